The van der Waals surface area contributed by atoms with Gasteiger partial charge in [-0.25, -0.2) is 0 Å². The van der Waals surface area contributed by atoms with Crippen LogP contribution < -0.4 is 10.1 Å². The summed E-state index contributed by atoms with van der Waals surface area (Å²) in [7, 11) is 0. The molecule has 1 aromatic carbocycles. The summed E-state index contributed by atoms with van der Waals surface area (Å²) in [5.74, 6) is 1.92. The largest absolute Gasteiger partial charge is 0.487 e. The van der Waals surface area contributed by atoms with Crippen molar-refractivity contribution in [2.75, 3.05) is 0 Å². The normalized spacial score (nSPS) is 15.8. The van der Waals surface area contributed by atoms with Crippen LogP contribution in [0.25, 0.3) is 0 Å². The number of rotatable bonds is 4. The first kappa shape index (κ1) is 14.1. The van der Waals surface area contributed by atoms with E-state index in [0.29, 0.717) is 0 Å². The van der Waals surface area contributed by atoms with Gasteiger partial charge < -0.3 is 14.6 Å². The second-order valence-corrected chi connectivity index (χ2v) is 6.39. The Labute approximate surface area is 125 Å². The molecule has 112 valence electrons. The van der Waals surface area contributed by atoms with Gasteiger partial charge in [-0.05, 0) is 44.9 Å². The first-order chi connectivity index (χ1) is 9.94. The highest BCUT2D eigenvalue weighted by molar-refractivity contribution is 5.41. The minimum Gasteiger partial charge on any atom is -0.487 e. The lowest BCUT2D eigenvalue weighted by atomic mass is 10.0. The van der Waals surface area contributed by atoms with E-state index < -0.39 is 0 Å². The Morgan fingerprint density at radius 1 is 1.24 bits per heavy atom. The highest BCUT2D eigenvalue weighted by Crippen LogP contribution is 2.35. The third kappa shape index (κ3) is 2.95. The van der Waals surface area contributed by atoms with Gasteiger partial charge >= 0.3 is 0 Å². The van der Waals surface area contributed by atoms with Gasteiger partial charge in [-0.3, -0.25) is 0 Å². The van der Waals surface area contributed by atoms with Gasteiger partial charge in [-0.2, -0.15) is 0 Å². The molecular weight excluding hydrogens is 264 g/mol. The number of benzene rings is 1. The quantitative estimate of drug-likeness (QED) is 0.937. The van der Waals surface area contributed by atoms with Gasteiger partial charge in [-0.1, -0.05) is 17.3 Å². The Balaban J connectivity index is 1.62. The SMILES string of the molecule is Cc1noc(C)c1CNCc1ccc2c(c1)CC(C)(C)O2. The summed E-state index contributed by atoms with van der Waals surface area (Å²) in [5, 5.41) is 7.43. The molecule has 21 heavy (non-hydrogen) atoms. The summed E-state index contributed by atoms with van der Waals surface area (Å²) in [6, 6.07) is 6.45. The number of ether oxygens (including phenoxy) is 1. The van der Waals surface area contributed by atoms with E-state index in [0.717, 1.165) is 42.3 Å². The average Bonchev–Trinajstić information content (AvgIpc) is 2.89. The number of aryl methyl sites for hydroxylation is 2. The second kappa shape index (κ2) is 5.19. The van der Waals surface area contributed by atoms with Crippen molar-refractivity contribution in [2.24, 2.45) is 0 Å². The molecule has 4 nitrogen and oxygen atoms in total. The fraction of sp³-hybridized carbons (Fsp3) is 0.471. The highest BCUT2D eigenvalue weighted by Gasteiger charge is 2.29. The van der Waals surface area contributed by atoms with Crippen LogP contribution in [0, 0.1) is 13.8 Å². The minimum absolute atomic E-state index is 0.0783. The monoisotopic (exact) mass is 286 g/mol. The number of hydrogen-bond acceptors (Lipinski definition) is 4. The van der Waals surface area contributed by atoms with Crippen molar-refractivity contribution >= 4 is 0 Å². The molecule has 0 saturated heterocycles. The molecule has 0 radical (unpaired) electrons. The smallest absolute Gasteiger partial charge is 0.138 e. The van der Waals surface area contributed by atoms with Crippen molar-refractivity contribution in [3.05, 3.63) is 46.3 Å². The summed E-state index contributed by atoms with van der Waals surface area (Å²) in [4.78, 5) is 0. The maximum atomic E-state index is 5.90. The standard InChI is InChI=1S/C17H22N2O2/c1-11-15(12(2)21-19-11)10-18-9-13-5-6-16-14(7-13)8-17(3,4)20-16/h5-7,18H,8-10H2,1-4H3. The summed E-state index contributed by atoms with van der Waals surface area (Å²) < 4.78 is 11.1. The summed E-state index contributed by atoms with van der Waals surface area (Å²) in [5.41, 5.74) is 4.62. The zero-order chi connectivity index (χ0) is 15.0. The van der Waals surface area contributed by atoms with Crippen LogP contribution in [-0.4, -0.2) is 10.8 Å². The third-order valence-corrected chi connectivity index (χ3v) is 3.94. The van der Waals surface area contributed by atoms with Crippen LogP contribution in [0.4, 0.5) is 0 Å². The van der Waals surface area contributed by atoms with Gasteiger partial charge in [-0.15, -0.1) is 0 Å². The molecular formula is C17H22N2O2. The van der Waals surface area contributed by atoms with Crippen molar-refractivity contribution in [1.82, 2.24) is 10.5 Å². The first-order valence-electron chi connectivity index (χ1n) is 7.38. The summed E-state index contributed by atoms with van der Waals surface area (Å²) >= 11 is 0. The molecule has 1 N–H and O–H groups in total. The van der Waals surface area contributed by atoms with E-state index in [9.17, 15) is 0 Å². The molecule has 2 aromatic rings. The van der Waals surface area contributed by atoms with Gasteiger partial charge in [0.1, 0.15) is 17.1 Å². The second-order valence-electron chi connectivity index (χ2n) is 6.39. The van der Waals surface area contributed by atoms with E-state index in [1.165, 1.54) is 11.1 Å². The first-order valence-corrected chi connectivity index (χ1v) is 7.38. The third-order valence-electron chi connectivity index (χ3n) is 3.94. The molecule has 0 unspecified atom stereocenters. The Morgan fingerprint density at radius 3 is 2.76 bits per heavy atom. The minimum atomic E-state index is -0.0783. The van der Waals surface area contributed by atoms with Crippen LogP contribution >= 0.6 is 0 Å². The van der Waals surface area contributed by atoms with Crippen LogP contribution in [-0.2, 0) is 19.5 Å². The van der Waals surface area contributed by atoms with E-state index >= 15 is 0 Å². The predicted octanol–water partition coefficient (Wildman–Crippen LogP) is 3.29. The Morgan fingerprint density at radius 2 is 2.05 bits per heavy atom. The molecule has 0 atom stereocenters. The van der Waals surface area contributed by atoms with Gasteiger partial charge in [0.05, 0.1) is 5.69 Å². The Kier molecular flexibility index (Phi) is 3.49. The Bertz CT molecular complexity index is 639. The average molecular weight is 286 g/mol. The van der Waals surface area contributed by atoms with Crippen LogP contribution in [0.2, 0.25) is 0 Å². The van der Waals surface area contributed by atoms with Crippen molar-refractivity contribution in [3.8, 4) is 5.75 Å². The predicted molar refractivity (Wildman–Crippen MR) is 81.4 cm³/mol. The van der Waals surface area contributed by atoms with Gasteiger partial charge in [0, 0.05) is 25.1 Å². The molecule has 0 aliphatic carbocycles. The van der Waals surface area contributed by atoms with Crippen molar-refractivity contribution in [2.45, 2.75) is 52.8 Å². The van der Waals surface area contributed by atoms with E-state index in [1.54, 1.807) is 0 Å². The maximum absolute atomic E-state index is 5.90. The van der Waals surface area contributed by atoms with Crippen molar-refractivity contribution in [1.29, 1.82) is 0 Å². The van der Waals surface area contributed by atoms with Gasteiger partial charge in [0.15, 0.2) is 0 Å². The molecule has 0 bridgehead atoms. The molecule has 0 spiro atoms. The zero-order valence-electron chi connectivity index (χ0n) is 13.1. The van der Waals surface area contributed by atoms with Crippen LogP contribution in [0.3, 0.4) is 0 Å². The zero-order valence-corrected chi connectivity index (χ0v) is 13.1. The molecule has 3 rings (SSSR count). The van der Waals surface area contributed by atoms with Crippen molar-refractivity contribution in [3.63, 3.8) is 0 Å². The molecule has 1 aliphatic heterocycles. The van der Waals surface area contributed by atoms with E-state index in [4.69, 9.17) is 9.26 Å². The summed E-state index contributed by atoms with van der Waals surface area (Å²) in [6.07, 6.45) is 0.972. The molecule has 0 amide bonds. The number of fused-ring (bicyclic) bond motifs is 1. The number of nitrogens with zero attached hydrogens (tertiary/aromatic N) is 1. The molecule has 0 fully saturated rings. The Hall–Kier alpha value is -1.81. The topological polar surface area (TPSA) is 47.3 Å². The molecule has 0 saturated carbocycles. The molecule has 4 heteroatoms. The van der Waals surface area contributed by atoms with E-state index in [-0.39, 0.29) is 5.60 Å². The van der Waals surface area contributed by atoms with E-state index in [1.807, 2.05) is 13.8 Å². The lowest BCUT2D eigenvalue weighted by Gasteiger charge is -2.16. The fourth-order valence-corrected chi connectivity index (χ4v) is 2.86. The van der Waals surface area contributed by atoms with Crippen molar-refractivity contribution < 1.29 is 9.26 Å². The van der Waals surface area contributed by atoms with E-state index in [2.05, 4.69) is 42.5 Å². The van der Waals surface area contributed by atoms with Crippen LogP contribution in [0.5, 0.6) is 5.75 Å². The number of hydrogen-bond donors (Lipinski definition) is 1. The lowest BCUT2D eigenvalue weighted by Crippen LogP contribution is -2.24. The maximum Gasteiger partial charge on any atom is 0.138 e. The van der Waals surface area contributed by atoms with Crippen LogP contribution in [0.15, 0.2) is 22.7 Å². The van der Waals surface area contributed by atoms with Crippen LogP contribution in [0.1, 0.15) is 42.0 Å². The summed E-state index contributed by atoms with van der Waals surface area (Å²) in [6.45, 7) is 9.79. The number of nitrogens with one attached hydrogen (secondary N) is 1. The molecule has 1 aliphatic rings. The fourth-order valence-electron chi connectivity index (χ4n) is 2.86. The molecule has 2 heterocycles. The van der Waals surface area contributed by atoms with Gasteiger partial charge in [0.2, 0.25) is 0 Å². The highest BCUT2D eigenvalue weighted by atomic mass is 16.5. The van der Waals surface area contributed by atoms with Gasteiger partial charge in [0.25, 0.3) is 0 Å². The lowest BCUT2D eigenvalue weighted by molar-refractivity contribution is 0.138. The molecule has 1 aromatic heterocycles. The number of aromatic nitrogens is 1.